The van der Waals surface area contributed by atoms with E-state index < -0.39 is 0 Å². The Bertz CT molecular complexity index is 579. The number of carbonyl (C=O) groups excluding carboxylic acids is 1. The Hall–Kier alpha value is -2.00. The van der Waals surface area contributed by atoms with Crippen LogP contribution in [0.3, 0.4) is 0 Å². The lowest BCUT2D eigenvalue weighted by Crippen LogP contribution is -2.11. The number of nitrogens with one attached hydrogen (secondary N) is 1. The molecule has 0 saturated heterocycles. The van der Waals surface area contributed by atoms with Gasteiger partial charge in [-0.15, -0.1) is 0 Å². The Morgan fingerprint density at radius 2 is 1.83 bits per heavy atom. The van der Waals surface area contributed by atoms with Crippen LogP contribution in [0.15, 0.2) is 42.5 Å². The van der Waals surface area contributed by atoms with Crippen LogP contribution < -0.4 is 5.32 Å². The van der Waals surface area contributed by atoms with Crippen molar-refractivity contribution in [2.75, 3.05) is 5.32 Å². The molecule has 4 heteroatoms. The number of phenols is 1. The summed E-state index contributed by atoms with van der Waals surface area (Å²) in [6.45, 7) is 1.77. The van der Waals surface area contributed by atoms with Gasteiger partial charge in [0, 0.05) is 16.3 Å². The van der Waals surface area contributed by atoms with E-state index in [-0.39, 0.29) is 11.7 Å². The number of rotatable bonds is 2. The summed E-state index contributed by atoms with van der Waals surface area (Å²) in [6.07, 6.45) is 0. The highest BCUT2D eigenvalue weighted by Gasteiger charge is 2.06. The van der Waals surface area contributed by atoms with Crippen LogP contribution in [0.5, 0.6) is 5.75 Å². The standard InChI is InChI=1S/C14H12ClNO2/c1-9-8-12(6-7-13(9)17)16-14(18)10-2-4-11(15)5-3-10/h2-8,17H,1H3,(H,16,18). The molecule has 0 saturated carbocycles. The van der Waals surface area contributed by atoms with Crippen LogP contribution >= 0.6 is 11.6 Å². The van der Waals surface area contributed by atoms with E-state index in [0.717, 1.165) is 0 Å². The van der Waals surface area contributed by atoms with Gasteiger partial charge in [0.25, 0.3) is 5.91 Å². The minimum Gasteiger partial charge on any atom is -0.508 e. The van der Waals surface area contributed by atoms with Crippen molar-refractivity contribution < 1.29 is 9.90 Å². The van der Waals surface area contributed by atoms with Gasteiger partial charge >= 0.3 is 0 Å². The maximum atomic E-state index is 11.9. The van der Waals surface area contributed by atoms with Crippen molar-refractivity contribution in [1.29, 1.82) is 0 Å². The maximum absolute atomic E-state index is 11.9. The highest BCUT2D eigenvalue weighted by molar-refractivity contribution is 6.30. The molecule has 1 amide bonds. The molecule has 92 valence electrons. The number of amides is 1. The number of hydrogen-bond acceptors (Lipinski definition) is 2. The van der Waals surface area contributed by atoms with E-state index in [4.69, 9.17) is 11.6 Å². The van der Waals surface area contributed by atoms with Gasteiger partial charge in [0.1, 0.15) is 5.75 Å². The third-order valence-corrected chi connectivity index (χ3v) is 2.81. The molecule has 0 spiro atoms. The first-order valence-electron chi connectivity index (χ1n) is 5.43. The SMILES string of the molecule is Cc1cc(NC(=O)c2ccc(Cl)cc2)ccc1O. The molecule has 0 aliphatic rings. The molecule has 0 aliphatic carbocycles. The third kappa shape index (κ3) is 2.81. The smallest absolute Gasteiger partial charge is 0.255 e. The first kappa shape index (κ1) is 12.5. The van der Waals surface area contributed by atoms with E-state index in [2.05, 4.69) is 5.32 Å². The molecular weight excluding hydrogens is 250 g/mol. The average molecular weight is 262 g/mol. The molecule has 0 bridgehead atoms. The predicted octanol–water partition coefficient (Wildman–Crippen LogP) is 3.61. The molecule has 0 fully saturated rings. The molecule has 0 atom stereocenters. The lowest BCUT2D eigenvalue weighted by atomic mass is 10.1. The summed E-state index contributed by atoms with van der Waals surface area (Å²) >= 11 is 5.76. The lowest BCUT2D eigenvalue weighted by Gasteiger charge is -2.07. The molecule has 0 heterocycles. The second-order valence-corrected chi connectivity index (χ2v) is 4.40. The molecule has 3 nitrogen and oxygen atoms in total. The van der Waals surface area contributed by atoms with Crippen LogP contribution in [0.25, 0.3) is 0 Å². The second-order valence-electron chi connectivity index (χ2n) is 3.96. The van der Waals surface area contributed by atoms with E-state index >= 15 is 0 Å². The van der Waals surface area contributed by atoms with E-state index in [9.17, 15) is 9.90 Å². The molecule has 18 heavy (non-hydrogen) atoms. The molecule has 0 radical (unpaired) electrons. The monoisotopic (exact) mass is 261 g/mol. The quantitative estimate of drug-likeness (QED) is 0.812. The number of aryl methyl sites for hydroxylation is 1. The van der Waals surface area contributed by atoms with Gasteiger partial charge in [-0.25, -0.2) is 0 Å². The summed E-state index contributed by atoms with van der Waals surface area (Å²) in [6, 6.07) is 11.6. The minimum absolute atomic E-state index is 0.208. The molecule has 0 aliphatic heterocycles. The lowest BCUT2D eigenvalue weighted by molar-refractivity contribution is 0.102. The fourth-order valence-electron chi connectivity index (χ4n) is 1.54. The average Bonchev–Trinajstić information content (AvgIpc) is 2.34. The number of carbonyl (C=O) groups is 1. The summed E-state index contributed by atoms with van der Waals surface area (Å²) in [5, 5.41) is 12.7. The number of hydrogen-bond donors (Lipinski definition) is 2. The van der Waals surface area contributed by atoms with Crippen molar-refractivity contribution in [3.05, 3.63) is 58.6 Å². The Balaban J connectivity index is 2.16. The largest absolute Gasteiger partial charge is 0.508 e. The van der Waals surface area contributed by atoms with Gasteiger partial charge in [-0.05, 0) is 55.0 Å². The summed E-state index contributed by atoms with van der Waals surface area (Å²) < 4.78 is 0. The van der Waals surface area contributed by atoms with Crippen LogP contribution in [-0.4, -0.2) is 11.0 Å². The molecule has 2 aromatic carbocycles. The number of halogens is 1. The minimum atomic E-state index is -0.211. The van der Waals surface area contributed by atoms with Gasteiger partial charge in [-0.2, -0.15) is 0 Å². The van der Waals surface area contributed by atoms with Crippen LogP contribution in [0.4, 0.5) is 5.69 Å². The van der Waals surface area contributed by atoms with Crippen molar-refractivity contribution in [3.63, 3.8) is 0 Å². The van der Waals surface area contributed by atoms with E-state index in [0.29, 0.717) is 21.8 Å². The molecule has 2 aromatic rings. The van der Waals surface area contributed by atoms with Gasteiger partial charge in [-0.1, -0.05) is 11.6 Å². The molecule has 0 unspecified atom stereocenters. The fourth-order valence-corrected chi connectivity index (χ4v) is 1.66. The van der Waals surface area contributed by atoms with Crippen molar-refractivity contribution in [2.45, 2.75) is 6.92 Å². The van der Waals surface area contributed by atoms with E-state index in [1.54, 1.807) is 49.4 Å². The van der Waals surface area contributed by atoms with Crippen LogP contribution in [0.2, 0.25) is 5.02 Å². The normalized spacial score (nSPS) is 10.1. The van der Waals surface area contributed by atoms with Gasteiger partial charge in [0.2, 0.25) is 0 Å². The van der Waals surface area contributed by atoms with Crippen molar-refractivity contribution in [3.8, 4) is 5.75 Å². The Morgan fingerprint density at radius 1 is 1.17 bits per heavy atom. The number of benzene rings is 2. The fraction of sp³-hybridized carbons (Fsp3) is 0.0714. The number of phenolic OH excluding ortho intramolecular Hbond substituents is 1. The van der Waals surface area contributed by atoms with Crippen molar-refractivity contribution in [1.82, 2.24) is 0 Å². The van der Waals surface area contributed by atoms with Crippen molar-refractivity contribution in [2.24, 2.45) is 0 Å². The summed E-state index contributed by atoms with van der Waals surface area (Å²) in [4.78, 5) is 11.9. The second kappa shape index (κ2) is 5.10. The van der Waals surface area contributed by atoms with Crippen LogP contribution in [-0.2, 0) is 0 Å². The van der Waals surface area contributed by atoms with E-state index in [1.165, 1.54) is 0 Å². The zero-order valence-electron chi connectivity index (χ0n) is 9.77. The summed E-state index contributed by atoms with van der Waals surface area (Å²) in [7, 11) is 0. The molecule has 0 aromatic heterocycles. The van der Waals surface area contributed by atoms with Gasteiger partial charge in [0.15, 0.2) is 0 Å². The van der Waals surface area contributed by atoms with Crippen LogP contribution in [0, 0.1) is 6.92 Å². The molecule has 2 rings (SSSR count). The summed E-state index contributed by atoms with van der Waals surface area (Å²) in [5.41, 5.74) is 1.89. The maximum Gasteiger partial charge on any atom is 0.255 e. The first-order chi connectivity index (χ1) is 8.56. The Labute approximate surface area is 110 Å². The van der Waals surface area contributed by atoms with Gasteiger partial charge in [-0.3, -0.25) is 4.79 Å². The van der Waals surface area contributed by atoms with Crippen molar-refractivity contribution >= 4 is 23.2 Å². The Kier molecular flexibility index (Phi) is 3.53. The topological polar surface area (TPSA) is 49.3 Å². The number of aromatic hydroxyl groups is 1. The van der Waals surface area contributed by atoms with E-state index in [1.807, 2.05) is 0 Å². The highest BCUT2D eigenvalue weighted by Crippen LogP contribution is 2.20. The molecular formula is C14H12ClNO2. The first-order valence-corrected chi connectivity index (χ1v) is 5.80. The Morgan fingerprint density at radius 3 is 2.44 bits per heavy atom. The highest BCUT2D eigenvalue weighted by atomic mass is 35.5. The zero-order chi connectivity index (χ0) is 13.1. The van der Waals surface area contributed by atoms with Gasteiger partial charge in [0.05, 0.1) is 0 Å². The third-order valence-electron chi connectivity index (χ3n) is 2.56. The summed E-state index contributed by atoms with van der Waals surface area (Å²) in [5.74, 6) is -0.00347. The van der Waals surface area contributed by atoms with Crippen LogP contribution in [0.1, 0.15) is 15.9 Å². The number of anilines is 1. The molecule has 2 N–H and O–H groups in total. The predicted molar refractivity (Wildman–Crippen MR) is 72.2 cm³/mol. The zero-order valence-corrected chi connectivity index (χ0v) is 10.5. The van der Waals surface area contributed by atoms with Gasteiger partial charge < -0.3 is 10.4 Å².